The predicted octanol–water partition coefficient (Wildman–Crippen LogP) is 0.772. The Labute approximate surface area is 655 Å². The maximum Gasteiger partial charge on any atom is 0.413 e. The van der Waals surface area contributed by atoms with E-state index >= 15 is 0 Å². The third kappa shape index (κ3) is 34.9. The Morgan fingerprint density at radius 1 is 0.602 bits per heavy atom. The number of rotatable bonds is 62. The van der Waals surface area contributed by atoms with Crippen LogP contribution in [0.25, 0.3) is 21.9 Å². The maximum absolute atomic E-state index is 13.8. The summed E-state index contributed by atoms with van der Waals surface area (Å²) in [6.45, 7) is 11.9. The number of anilines is 2. The van der Waals surface area contributed by atoms with Gasteiger partial charge in [0.05, 0.1) is 201 Å². The zero-order valence-corrected chi connectivity index (χ0v) is 64.9. The number of imide groups is 1. The Balaban J connectivity index is 0.884. The molecule has 113 heavy (non-hydrogen) atoms. The number of hydrogen-bond donors (Lipinski definition) is 10. The fourth-order valence-corrected chi connectivity index (χ4v) is 11.1. The summed E-state index contributed by atoms with van der Waals surface area (Å²) in [6.07, 6.45) is -5.85. The molecule has 10 N–H and O–H groups in total. The number of carbonyl (C=O) groups excluding carboxylic acids is 8. The van der Waals surface area contributed by atoms with Gasteiger partial charge in [-0.05, 0) is 68.5 Å². The van der Waals surface area contributed by atoms with E-state index in [0.29, 0.717) is 174 Å². The predicted molar refractivity (Wildman–Crippen MR) is 402 cm³/mol. The molecule has 4 heterocycles. The molecule has 2 aromatic heterocycles. The first-order valence-electron chi connectivity index (χ1n) is 38.0. The molecular formula is C75H113N9O29. The number of nitrogens with one attached hydrogen (secondary N) is 5. The monoisotopic (exact) mass is 1600 g/mol. The minimum Gasteiger partial charge on any atom is -0.465 e. The number of aromatic nitrogens is 3. The summed E-state index contributed by atoms with van der Waals surface area (Å²) in [7, 11) is 2.86. The second kappa shape index (κ2) is 54.6. The lowest BCUT2D eigenvalue weighted by Gasteiger charge is -2.39. The van der Waals surface area contributed by atoms with Crippen molar-refractivity contribution >= 4 is 80.9 Å². The topological polar surface area (TPSA) is 479 Å². The second-order valence-electron chi connectivity index (χ2n) is 25.8. The first-order valence-corrected chi connectivity index (χ1v) is 38.0. The van der Waals surface area contributed by atoms with E-state index in [1.807, 2.05) is 11.5 Å². The van der Waals surface area contributed by atoms with Crippen LogP contribution in [0.15, 0.2) is 48.6 Å². The molecule has 632 valence electrons. The van der Waals surface area contributed by atoms with Crippen molar-refractivity contribution in [2.75, 3.05) is 203 Å². The third-order valence-electron chi connectivity index (χ3n) is 17.0. The van der Waals surface area contributed by atoms with Crippen LogP contribution in [0.5, 0.6) is 5.75 Å². The van der Waals surface area contributed by atoms with Gasteiger partial charge in [-0.25, -0.2) is 19.6 Å². The van der Waals surface area contributed by atoms with E-state index in [1.165, 1.54) is 31.4 Å². The molecule has 2 unspecified atom stereocenters. The first-order chi connectivity index (χ1) is 54.8. The smallest absolute Gasteiger partial charge is 0.413 e. The minimum absolute atomic E-state index is 0.0208. The van der Waals surface area contributed by atoms with Gasteiger partial charge in [0.15, 0.2) is 5.82 Å². The van der Waals surface area contributed by atoms with Crippen molar-refractivity contribution in [1.29, 1.82) is 0 Å². The zero-order chi connectivity index (χ0) is 81.4. The fourth-order valence-electron chi connectivity index (χ4n) is 11.1. The Morgan fingerprint density at radius 2 is 1.17 bits per heavy atom. The number of ether oxygens (including phenoxy) is 16. The van der Waals surface area contributed by atoms with Crippen molar-refractivity contribution < 1.29 is 140 Å². The zero-order valence-electron chi connectivity index (χ0n) is 64.9. The normalized spacial score (nSPS) is 16.7. The van der Waals surface area contributed by atoms with Gasteiger partial charge in [-0.3, -0.25) is 39.0 Å². The van der Waals surface area contributed by atoms with Gasteiger partial charge in [-0.15, -0.1) is 0 Å². The van der Waals surface area contributed by atoms with Crippen LogP contribution in [0.1, 0.15) is 87.0 Å². The maximum atomic E-state index is 13.8. The molecule has 2 aliphatic heterocycles. The molecule has 0 aliphatic carbocycles. The summed E-state index contributed by atoms with van der Waals surface area (Å²) in [5.74, 6) is -3.72. The molecule has 0 radical (unpaired) electrons. The van der Waals surface area contributed by atoms with E-state index in [0.717, 1.165) is 29.9 Å². The van der Waals surface area contributed by atoms with Crippen LogP contribution in [-0.2, 0) is 119 Å². The van der Waals surface area contributed by atoms with Gasteiger partial charge in [0.2, 0.25) is 29.9 Å². The highest BCUT2D eigenvalue weighted by molar-refractivity contribution is 6.13. The molecule has 0 saturated carbocycles. The van der Waals surface area contributed by atoms with Crippen LogP contribution in [0, 0.1) is 0 Å². The van der Waals surface area contributed by atoms with E-state index in [1.54, 1.807) is 26.2 Å². The Kier molecular flexibility index (Phi) is 45.3. The molecule has 0 bridgehead atoms. The van der Waals surface area contributed by atoms with Gasteiger partial charge in [-0.1, -0.05) is 19.4 Å². The molecule has 4 aromatic rings. The summed E-state index contributed by atoms with van der Waals surface area (Å²) in [6, 6.07) is 7.72. The third-order valence-corrected chi connectivity index (χ3v) is 17.0. The molecule has 7 amide bonds. The van der Waals surface area contributed by atoms with Gasteiger partial charge < -0.3 is 127 Å². The number of aliphatic hydroxyl groups is 5. The number of aliphatic hydroxyl groups excluding tert-OH is 5. The molecule has 6 rings (SSSR count). The van der Waals surface area contributed by atoms with Crippen molar-refractivity contribution in [3.8, 4) is 5.75 Å². The van der Waals surface area contributed by atoms with Crippen LogP contribution < -0.4 is 31.3 Å². The average molecular weight is 1600 g/mol. The van der Waals surface area contributed by atoms with E-state index in [9.17, 15) is 63.9 Å². The average Bonchev–Trinajstić information content (AvgIpc) is 1.62. The second-order valence-corrected chi connectivity index (χ2v) is 25.8. The van der Waals surface area contributed by atoms with Crippen molar-refractivity contribution in [3.05, 3.63) is 65.5 Å². The number of aryl methyl sites for hydroxylation is 1. The molecular weight excluding hydrogens is 1490 g/mol. The van der Waals surface area contributed by atoms with E-state index in [-0.39, 0.29) is 105 Å². The Morgan fingerprint density at radius 3 is 1.71 bits per heavy atom. The molecule has 1 fully saturated rings. The number of amides is 7. The van der Waals surface area contributed by atoms with E-state index < -0.39 is 104 Å². The van der Waals surface area contributed by atoms with Crippen LogP contribution in [0.2, 0.25) is 0 Å². The lowest BCUT2D eigenvalue weighted by molar-refractivity contribution is -0.277. The van der Waals surface area contributed by atoms with Gasteiger partial charge >= 0.3 is 12.1 Å². The Hall–Kier alpha value is -8.10. The summed E-state index contributed by atoms with van der Waals surface area (Å²) in [5, 5.41) is 66.4. The Bertz CT molecular complexity index is 3530. The van der Waals surface area contributed by atoms with Crippen LogP contribution in [0.3, 0.4) is 0 Å². The summed E-state index contributed by atoms with van der Waals surface area (Å²) in [4.78, 5) is 115. The quantitative estimate of drug-likeness (QED) is 0.0166. The number of imidazole rings is 1. The van der Waals surface area contributed by atoms with E-state index in [2.05, 4.69) is 31.6 Å². The number of unbranched alkanes of at least 4 members (excludes halogenated alkanes) is 2. The van der Waals surface area contributed by atoms with Crippen LogP contribution in [-0.4, -0.2) is 328 Å². The van der Waals surface area contributed by atoms with E-state index in [4.69, 9.17) is 80.8 Å². The number of methoxy groups -OCH3 is 2. The highest BCUT2D eigenvalue weighted by atomic mass is 16.7. The van der Waals surface area contributed by atoms with Crippen molar-refractivity contribution in [2.24, 2.45) is 0 Å². The van der Waals surface area contributed by atoms with Crippen molar-refractivity contribution in [3.63, 3.8) is 0 Å². The fraction of sp³-hybridized carbons (Fsp3) is 0.653. The molecule has 0 spiro atoms. The van der Waals surface area contributed by atoms with Gasteiger partial charge in [0.1, 0.15) is 54.2 Å². The summed E-state index contributed by atoms with van der Waals surface area (Å²) in [5.41, 5.74) is 1.47. The molecule has 38 heteroatoms. The van der Waals surface area contributed by atoms with Crippen molar-refractivity contribution in [2.45, 2.75) is 128 Å². The first kappa shape index (κ1) is 93.8. The highest BCUT2D eigenvalue weighted by Gasteiger charge is 2.45. The van der Waals surface area contributed by atoms with Gasteiger partial charge in [0, 0.05) is 70.0 Å². The number of hydrogen-bond acceptors (Lipinski definition) is 31. The number of pyridine rings is 1. The summed E-state index contributed by atoms with van der Waals surface area (Å²) >= 11 is 0. The van der Waals surface area contributed by atoms with Crippen LogP contribution in [0.4, 0.5) is 16.3 Å². The number of benzene rings is 2. The molecule has 38 nitrogen and oxygen atoms in total. The van der Waals surface area contributed by atoms with Gasteiger partial charge in [0.25, 0.3) is 11.8 Å². The number of esters is 1. The van der Waals surface area contributed by atoms with Gasteiger partial charge in [-0.2, -0.15) is 0 Å². The number of nitrogens with zero attached hydrogens (tertiary/aromatic N) is 4. The molecule has 2 aromatic carbocycles. The largest absolute Gasteiger partial charge is 0.465 e. The lowest BCUT2D eigenvalue weighted by atomic mass is 9.99. The highest BCUT2D eigenvalue weighted by Crippen LogP contribution is 2.34. The molecule has 2 aliphatic rings. The van der Waals surface area contributed by atoms with Crippen LogP contribution >= 0.6 is 0 Å². The SMILES string of the molecule is CCCCc1nc2c(NC(=O)OCc3ccc(O[C@H]4O[C@H](CO)[C@@H](O)[C@H](O)[C@@H]4O)c(NC(=O)CCNC(=O)C(CCCCNC(=O)CCOCCOCCOCCOCCOCCOCCOCCOCCOCCOCCOCCOC)NC(=O)CCN4C(=O)C=CC4=O)c3)nc3cc(C(=O)OC)ccc3c2n1CC(C)O. The number of fused-ring (bicyclic) bond motifs is 3. The molecule has 1 saturated heterocycles. The summed E-state index contributed by atoms with van der Waals surface area (Å²) < 4.78 is 89.3. The standard InChI is InChI=1S/C75H113N9O29/c1-5-6-10-60-81-66-67(84(60)48-51(2)86)54-13-12-53(73(96)99-4)47-56(54)80-71(66)82-75(97)111-50-52-11-14-58(112-74-70(94)69(93)68(92)59(49-85)113-74)57(46-52)79-62(88)17-21-77-72(95)55(78-63(89)18-22-83-64(90)15-16-65(83)91)9-7-8-20-76-61(87)19-23-100-26-27-102-30-31-104-34-35-106-38-39-108-42-43-110-45-44-109-41-40-107-37-36-105-33-32-103-29-28-101-25-24-98-3/h11-16,46-47,51,55,59,68-70,74,85-86,92-94H,5-10,17-45,48-50H2,1-4H3,(H,76,87)(H,77,95)(H,78,89)(H,79,88)(H,80,82,97)/t51?,55?,59-,68-,69+,70+,74+/m1/s1. The van der Waals surface area contributed by atoms with Crippen molar-refractivity contribution in [1.82, 2.24) is 35.4 Å². The minimum atomic E-state index is -1.86. The molecule has 7 atom stereocenters. The number of carbonyl (C=O) groups is 8. The lowest BCUT2D eigenvalue weighted by Crippen LogP contribution is -2.60.